The molecule has 0 saturated heterocycles. The summed E-state index contributed by atoms with van der Waals surface area (Å²) in [6, 6.07) is 6.94. The van der Waals surface area contributed by atoms with E-state index in [9.17, 15) is 9.59 Å². The van der Waals surface area contributed by atoms with Crippen LogP contribution >= 0.6 is 11.8 Å². The molecule has 2 unspecified atom stereocenters. The first-order valence-electron chi connectivity index (χ1n) is 9.13. The van der Waals surface area contributed by atoms with E-state index in [-0.39, 0.29) is 17.9 Å². The van der Waals surface area contributed by atoms with Crippen LogP contribution in [-0.4, -0.2) is 54.4 Å². The largest absolute Gasteiger partial charge is 0.344 e. The lowest BCUT2D eigenvalue weighted by Gasteiger charge is -2.26. The summed E-state index contributed by atoms with van der Waals surface area (Å²) >= 11 is 1.66. The van der Waals surface area contributed by atoms with Crippen molar-refractivity contribution in [1.82, 2.24) is 10.2 Å². The Hall–Kier alpha value is -1.53. The smallest absolute Gasteiger partial charge is 0.251 e. The van der Waals surface area contributed by atoms with Gasteiger partial charge in [0.25, 0.3) is 5.91 Å². The Kier molecular flexibility index (Phi) is 9.73. The summed E-state index contributed by atoms with van der Waals surface area (Å²) in [6.45, 7) is 6.69. The molecule has 5 nitrogen and oxygen atoms in total. The SMILES string of the molecule is CSCCC(NC(=O)c1cccc(C)c1)C(=O)N(C)CCC(N)C(C)C. The number of benzene rings is 1. The van der Waals surface area contributed by atoms with E-state index < -0.39 is 6.04 Å². The molecule has 0 aliphatic heterocycles. The molecule has 0 aromatic heterocycles. The molecular formula is C20H33N3O2S. The van der Waals surface area contributed by atoms with Crippen molar-refractivity contribution in [3.8, 4) is 0 Å². The van der Waals surface area contributed by atoms with Gasteiger partial charge in [0.05, 0.1) is 0 Å². The number of rotatable bonds is 10. The van der Waals surface area contributed by atoms with Gasteiger partial charge in [-0.1, -0.05) is 31.5 Å². The number of thioether (sulfide) groups is 1. The van der Waals surface area contributed by atoms with Crippen LogP contribution in [0.15, 0.2) is 24.3 Å². The molecule has 0 spiro atoms. The van der Waals surface area contributed by atoms with Crippen LogP contribution in [0, 0.1) is 12.8 Å². The average molecular weight is 380 g/mol. The lowest BCUT2D eigenvalue weighted by Crippen LogP contribution is -2.48. The third-order valence-electron chi connectivity index (χ3n) is 4.52. The molecule has 2 atom stereocenters. The van der Waals surface area contributed by atoms with Crippen LogP contribution < -0.4 is 11.1 Å². The molecule has 1 rings (SSSR count). The Morgan fingerprint density at radius 3 is 2.54 bits per heavy atom. The molecular weight excluding hydrogens is 346 g/mol. The van der Waals surface area contributed by atoms with Crippen molar-refractivity contribution in [3.63, 3.8) is 0 Å². The minimum Gasteiger partial charge on any atom is -0.344 e. The summed E-state index contributed by atoms with van der Waals surface area (Å²) in [4.78, 5) is 27.1. The molecule has 26 heavy (non-hydrogen) atoms. The van der Waals surface area contributed by atoms with E-state index in [1.165, 1.54) is 0 Å². The van der Waals surface area contributed by atoms with E-state index in [0.29, 0.717) is 24.4 Å². The predicted molar refractivity (Wildman–Crippen MR) is 110 cm³/mol. The van der Waals surface area contributed by atoms with Crippen molar-refractivity contribution in [2.24, 2.45) is 11.7 Å². The second-order valence-electron chi connectivity index (χ2n) is 7.13. The topological polar surface area (TPSA) is 75.4 Å². The molecule has 146 valence electrons. The average Bonchev–Trinajstić information content (AvgIpc) is 2.61. The maximum Gasteiger partial charge on any atom is 0.251 e. The number of nitrogens with two attached hydrogens (primary N) is 1. The van der Waals surface area contributed by atoms with Crippen LogP contribution in [0.5, 0.6) is 0 Å². The number of likely N-dealkylation sites (N-methyl/N-ethyl adjacent to an activating group) is 1. The Bertz CT molecular complexity index is 592. The number of amides is 2. The van der Waals surface area contributed by atoms with Gasteiger partial charge in [-0.05, 0) is 49.8 Å². The molecule has 0 heterocycles. The number of hydrogen-bond donors (Lipinski definition) is 2. The highest BCUT2D eigenvalue weighted by Gasteiger charge is 2.24. The fourth-order valence-electron chi connectivity index (χ4n) is 2.57. The minimum absolute atomic E-state index is 0.0593. The zero-order valence-electron chi connectivity index (χ0n) is 16.6. The minimum atomic E-state index is -0.518. The van der Waals surface area contributed by atoms with Gasteiger partial charge >= 0.3 is 0 Å². The molecule has 1 aromatic carbocycles. The van der Waals surface area contributed by atoms with E-state index in [2.05, 4.69) is 19.2 Å². The van der Waals surface area contributed by atoms with Crippen molar-refractivity contribution < 1.29 is 9.59 Å². The van der Waals surface area contributed by atoms with Crippen LogP contribution in [0.25, 0.3) is 0 Å². The fraction of sp³-hybridized carbons (Fsp3) is 0.600. The van der Waals surface area contributed by atoms with Gasteiger partial charge in [0, 0.05) is 25.2 Å². The van der Waals surface area contributed by atoms with Crippen molar-refractivity contribution >= 4 is 23.6 Å². The molecule has 0 aliphatic rings. The molecule has 3 N–H and O–H groups in total. The third-order valence-corrected chi connectivity index (χ3v) is 5.17. The van der Waals surface area contributed by atoms with Crippen LogP contribution in [0.4, 0.5) is 0 Å². The molecule has 0 bridgehead atoms. The Balaban J connectivity index is 2.74. The van der Waals surface area contributed by atoms with Crippen LogP contribution in [0.3, 0.4) is 0 Å². The lowest BCUT2D eigenvalue weighted by atomic mass is 10.0. The van der Waals surface area contributed by atoms with E-state index in [4.69, 9.17) is 5.73 Å². The Morgan fingerprint density at radius 1 is 1.27 bits per heavy atom. The maximum atomic E-state index is 12.8. The summed E-state index contributed by atoms with van der Waals surface area (Å²) in [5.74, 6) is 0.924. The summed E-state index contributed by atoms with van der Waals surface area (Å²) in [7, 11) is 1.78. The Labute approximate surface area is 162 Å². The van der Waals surface area contributed by atoms with Gasteiger partial charge in [-0.25, -0.2) is 0 Å². The van der Waals surface area contributed by atoms with Crippen molar-refractivity contribution in [2.75, 3.05) is 25.6 Å². The molecule has 6 heteroatoms. The fourth-order valence-corrected chi connectivity index (χ4v) is 3.04. The quantitative estimate of drug-likeness (QED) is 0.655. The predicted octanol–water partition coefficient (Wildman–Crippen LogP) is 2.68. The van der Waals surface area contributed by atoms with E-state index >= 15 is 0 Å². The number of nitrogens with one attached hydrogen (secondary N) is 1. The first-order chi connectivity index (χ1) is 12.3. The number of carbonyl (C=O) groups is 2. The van der Waals surface area contributed by atoms with Gasteiger partial charge < -0.3 is 16.0 Å². The Morgan fingerprint density at radius 2 is 1.96 bits per heavy atom. The van der Waals surface area contributed by atoms with Crippen molar-refractivity contribution in [3.05, 3.63) is 35.4 Å². The monoisotopic (exact) mass is 379 g/mol. The van der Waals surface area contributed by atoms with Crippen molar-refractivity contribution in [1.29, 1.82) is 0 Å². The van der Waals surface area contributed by atoms with Gasteiger partial charge in [0.2, 0.25) is 5.91 Å². The summed E-state index contributed by atoms with van der Waals surface area (Å²) in [5, 5.41) is 2.91. The van der Waals surface area contributed by atoms with Crippen LogP contribution in [-0.2, 0) is 4.79 Å². The normalized spacial score (nSPS) is 13.3. The van der Waals surface area contributed by atoms with Gasteiger partial charge in [-0.15, -0.1) is 0 Å². The van der Waals surface area contributed by atoms with E-state index in [1.54, 1.807) is 29.8 Å². The first kappa shape index (κ1) is 22.5. The highest BCUT2D eigenvalue weighted by molar-refractivity contribution is 7.98. The zero-order valence-corrected chi connectivity index (χ0v) is 17.4. The lowest BCUT2D eigenvalue weighted by molar-refractivity contribution is -0.132. The highest BCUT2D eigenvalue weighted by atomic mass is 32.2. The molecule has 0 saturated carbocycles. The van der Waals surface area contributed by atoms with Gasteiger partial charge in [0.1, 0.15) is 6.04 Å². The molecule has 2 amide bonds. The standard InChI is InChI=1S/C20H33N3O2S/c1-14(2)17(21)9-11-23(4)20(25)18(10-12-26-5)22-19(24)16-8-6-7-15(3)13-16/h6-8,13-14,17-18H,9-12,21H2,1-5H3,(H,22,24). The van der Waals surface area contributed by atoms with Gasteiger partial charge in [-0.3, -0.25) is 9.59 Å². The third kappa shape index (κ3) is 7.38. The molecule has 1 aromatic rings. The van der Waals surface area contributed by atoms with E-state index in [0.717, 1.165) is 17.7 Å². The molecule has 0 aliphatic carbocycles. The van der Waals surface area contributed by atoms with Gasteiger partial charge in [-0.2, -0.15) is 11.8 Å². The second kappa shape index (κ2) is 11.2. The number of carbonyl (C=O) groups excluding carboxylic acids is 2. The van der Waals surface area contributed by atoms with Crippen molar-refractivity contribution in [2.45, 2.75) is 45.7 Å². The highest BCUT2D eigenvalue weighted by Crippen LogP contribution is 2.09. The number of nitrogens with zero attached hydrogens (tertiary/aromatic N) is 1. The summed E-state index contributed by atoms with van der Waals surface area (Å²) in [5.41, 5.74) is 7.68. The maximum absolute atomic E-state index is 12.8. The van der Waals surface area contributed by atoms with E-state index in [1.807, 2.05) is 31.4 Å². The first-order valence-corrected chi connectivity index (χ1v) is 10.5. The second-order valence-corrected chi connectivity index (χ2v) is 8.12. The van der Waals surface area contributed by atoms with Crippen LogP contribution in [0.1, 0.15) is 42.6 Å². The van der Waals surface area contributed by atoms with Crippen LogP contribution in [0.2, 0.25) is 0 Å². The molecule has 0 radical (unpaired) electrons. The summed E-state index contributed by atoms with van der Waals surface area (Å²) in [6.07, 6.45) is 3.36. The number of hydrogen-bond acceptors (Lipinski definition) is 4. The zero-order chi connectivity index (χ0) is 19.7. The number of aryl methyl sites for hydroxylation is 1. The van der Waals surface area contributed by atoms with Gasteiger partial charge in [0.15, 0.2) is 0 Å². The molecule has 0 fully saturated rings. The summed E-state index contributed by atoms with van der Waals surface area (Å²) < 4.78 is 0.